The van der Waals surface area contributed by atoms with Crippen molar-refractivity contribution >= 4 is 8.32 Å². The van der Waals surface area contributed by atoms with Crippen LogP contribution in [0.25, 0.3) is 0 Å². The molecule has 0 spiro atoms. The molecule has 19 heavy (non-hydrogen) atoms. The first kappa shape index (κ1) is 16.3. The summed E-state index contributed by atoms with van der Waals surface area (Å²) in [5.41, 5.74) is 0.614. The first-order valence-corrected chi connectivity index (χ1v) is 10.1. The third-order valence-electron chi connectivity index (χ3n) is 3.28. The Morgan fingerprint density at radius 1 is 1.11 bits per heavy atom. The van der Waals surface area contributed by atoms with Gasteiger partial charge in [0.25, 0.3) is 0 Å². The Hall–Kier alpha value is -0.743. The van der Waals surface area contributed by atoms with E-state index < -0.39 is 20.0 Å². The van der Waals surface area contributed by atoms with Gasteiger partial charge in [-0.3, -0.25) is 0 Å². The first-order valence-electron chi connectivity index (χ1n) is 7.02. The van der Waals surface area contributed by atoms with Gasteiger partial charge in [0.1, 0.15) is 11.6 Å². The average Bonchev–Trinajstić information content (AvgIpc) is 2.31. The van der Waals surface area contributed by atoms with Crippen LogP contribution >= 0.6 is 0 Å². The zero-order valence-electron chi connectivity index (χ0n) is 12.1. The van der Waals surface area contributed by atoms with Crippen LogP contribution in [0.5, 0.6) is 0 Å². The predicted molar refractivity (Wildman–Crippen MR) is 77.8 cm³/mol. The zero-order chi connectivity index (χ0) is 14.3. The molecule has 0 fully saturated rings. The number of unbranched alkanes of at least 4 members (excludes halogenated alkanes) is 2. The molecule has 1 aromatic carbocycles. The van der Waals surface area contributed by atoms with Gasteiger partial charge in [-0.1, -0.05) is 18.9 Å². The van der Waals surface area contributed by atoms with Crippen molar-refractivity contribution in [2.24, 2.45) is 0 Å². The van der Waals surface area contributed by atoms with Gasteiger partial charge in [0.15, 0.2) is 8.32 Å². The van der Waals surface area contributed by atoms with Crippen molar-refractivity contribution in [2.45, 2.75) is 51.7 Å². The van der Waals surface area contributed by atoms with Crippen molar-refractivity contribution in [3.05, 3.63) is 35.4 Å². The van der Waals surface area contributed by atoms with Gasteiger partial charge in [-0.05, 0) is 50.5 Å². The predicted octanol–water partition coefficient (Wildman–Crippen LogP) is 4.92. The lowest BCUT2D eigenvalue weighted by Crippen LogP contribution is -2.29. The van der Waals surface area contributed by atoms with Crippen molar-refractivity contribution in [3.8, 4) is 0 Å². The SMILES string of the molecule is CCO[Si](C)(C)CCCCCc1ccc(F)cc1F. The molecule has 0 aliphatic heterocycles. The molecule has 1 nitrogen and oxygen atoms in total. The molecular formula is C15H24F2OSi. The van der Waals surface area contributed by atoms with E-state index in [1.165, 1.54) is 6.07 Å². The smallest absolute Gasteiger partial charge is 0.186 e. The van der Waals surface area contributed by atoms with Crippen molar-refractivity contribution < 1.29 is 13.2 Å². The van der Waals surface area contributed by atoms with E-state index in [1.54, 1.807) is 6.07 Å². The Balaban J connectivity index is 2.24. The molecule has 1 rings (SSSR count). The van der Waals surface area contributed by atoms with Crippen LogP contribution < -0.4 is 0 Å². The molecule has 4 heteroatoms. The van der Waals surface area contributed by atoms with Gasteiger partial charge in [0.2, 0.25) is 0 Å². The largest absolute Gasteiger partial charge is 0.418 e. The third kappa shape index (κ3) is 6.30. The minimum absolute atomic E-state index is 0.427. The quantitative estimate of drug-likeness (QED) is 0.487. The van der Waals surface area contributed by atoms with Crippen LogP contribution in [-0.4, -0.2) is 14.9 Å². The van der Waals surface area contributed by atoms with Crippen molar-refractivity contribution in [1.29, 1.82) is 0 Å². The molecule has 0 aliphatic carbocycles. The molecule has 0 amide bonds. The summed E-state index contributed by atoms with van der Waals surface area (Å²) in [6, 6.07) is 4.97. The van der Waals surface area contributed by atoms with E-state index in [9.17, 15) is 8.78 Å². The molecule has 0 aromatic heterocycles. The summed E-state index contributed by atoms with van der Waals surface area (Å²) in [6.45, 7) is 7.29. The number of aryl methyl sites for hydroxylation is 1. The summed E-state index contributed by atoms with van der Waals surface area (Å²) >= 11 is 0. The second-order valence-corrected chi connectivity index (χ2v) is 9.80. The molecule has 0 radical (unpaired) electrons. The molecule has 0 saturated carbocycles. The van der Waals surface area contributed by atoms with Gasteiger partial charge in [-0.25, -0.2) is 8.78 Å². The molecule has 0 heterocycles. The maximum atomic E-state index is 13.4. The van der Waals surface area contributed by atoms with Crippen LogP contribution in [0.3, 0.4) is 0 Å². The molecule has 1 aromatic rings. The summed E-state index contributed by atoms with van der Waals surface area (Å²) in [6.07, 6.45) is 3.82. The number of halogens is 2. The Labute approximate surface area is 116 Å². The molecule has 108 valence electrons. The van der Waals surface area contributed by atoms with E-state index in [0.717, 1.165) is 38.0 Å². The van der Waals surface area contributed by atoms with Crippen molar-refractivity contribution in [3.63, 3.8) is 0 Å². The van der Waals surface area contributed by atoms with Crippen LogP contribution in [0.15, 0.2) is 18.2 Å². The maximum Gasteiger partial charge on any atom is 0.186 e. The van der Waals surface area contributed by atoms with E-state index in [4.69, 9.17) is 4.43 Å². The van der Waals surface area contributed by atoms with Crippen LogP contribution in [0.4, 0.5) is 8.78 Å². The van der Waals surface area contributed by atoms with E-state index in [0.29, 0.717) is 12.0 Å². The number of hydrogen-bond donors (Lipinski definition) is 0. The van der Waals surface area contributed by atoms with E-state index in [2.05, 4.69) is 13.1 Å². The van der Waals surface area contributed by atoms with Crippen LogP contribution in [0.1, 0.15) is 31.7 Å². The highest BCUT2D eigenvalue weighted by molar-refractivity contribution is 6.71. The Morgan fingerprint density at radius 2 is 1.84 bits per heavy atom. The minimum Gasteiger partial charge on any atom is -0.418 e. The Morgan fingerprint density at radius 3 is 2.47 bits per heavy atom. The van der Waals surface area contributed by atoms with Crippen LogP contribution in [-0.2, 0) is 10.8 Å². The molecule has 0 atom stereocenters. The molecular weight excluding hydrogens is 262 g/mol. The van der Waals surface area contributed by atoms with Crippen LogP contribution in [0.2, 0.25) is 19.1 Å². The van der Waals surface area contributed by atoms with Gasteiger partial charge in [0, 0.05) is 12.7 Å². The highest BCUT2D eigenvalue weighted by atomic mass is 28.4. The summed E-state index contributed by atoms with van der Waals surface area (Å²) in [4.78, 5) is 0. The zero-order valence-corrected chi connectivity index (χ0v) is 13.1. The van der Waals surface area contributed by atoms with Crippen molar-refractivity contribution in [2.75, 3.05) is 6.61 Å². The van der Waals surface area contributed by atoms with Gasteiger partial charge in [-0.2, -0.15) is 0 Å². The third-order valence-corrected chi connectivity index (χ3v) is 5.90. The number of hydrogen-bond acceptors (Lipinski definition) is 1. The van der Waals surface area contributed by atoms with E-state index in [-0.39, 0.29) is 0 Å². The summed E-state index contributed by atoms with van der Waals surface area (Å²) < 4.78 is 31.9. The topological polar surface area (TPSA) is 9.23 Å². The van der Waals surface area contributed by atoms with E-state index in [1.807, 2.05) is 6.92 Å². The fourth-order valence-corrected chi connectivity index (χ4v) is 4.26. The fraction of sp³-hybridized carbons (Fsp3) is 0.600. The van der Waals surface area contributed by atoms with E-state index >= 15 is 0 Å². The minimum atomic E-state index is -1.47. The average molecular weight is 286 g/mol. The van der Waals surface area contributed by atoms with Gasteiger partial charge < -0.3 is 4.43 Å². The molecule has 0 aliphatic rings. The van der Waals surface area contributed by atoms with Gasteiger partial charge in [-0.15, -0.1) is 0 Å². The molecule has 0 bridgehead atoms. The summed E-state index contributed by atoms with van der Waals surface area (Å²) in [5.74, 6) is -0.935. The molecule has 0 saturated heterocycles. The maximum absolute atomic E-state index is 13.4. The number of rotatable bonds is 8. The second-order valence-electron chi connectivity index (χ2n) is 5.49. The molecule has 0 N–H and O–H groups in total. The summed E-state index contributed by atoms with van der Waals surface area (Å²) in [7, 11) is -1.47. The first-order chi connectivity index (χ1) is 8.94. The monoisotopic (exact) mass is 286 g/mol. The lowest BCUT2D eigenvalue weighted by Gasteiger charge is -2.21. The standard InChI is InChI=1S/C15H24F2OSi/c1-4-18-19(2,3)11-7-5-6-8-13-9-10-14(16)12-15(13)17/h9-10,12H,4-8,11H2,1-3H3. The Bertz CT molecular complexity index is 394. The van der Waals surface area contributed by atoms with Crippen LogP contribution in [0, 0.1) is 11.6 Å². The summed E-state index contributed by atoms with van der Waals surface area (Å²) in [5, 5.41) is 0. The highest BCUT2D eigenvalue weighted by Gasteiger charge is 2.20. The normalized spacial score (nSPS) is 11.8. The lowest BCUT2D eigenvalue weighted by atomic mass is 10.1. The number of benzene rings is 1. The molecule has 0 unspecified atom stereocenters. The fourth-order valence-electron chi connectivity index (χ4n) is 2.23. The Kier molecular flexibility index (Phi) is 6.65. The van der Waals surface area contributed by atoms with Gasteiger partial charge >= 0.3 is 0 Å². The second kappa shape index (κ2) is 7.75. The lowest BCUT2D eigenvalue weighted by molar-refractivity contribution is 0.327. The van der Waals surface area contributed by atoms with Gasteiger partial charge in [0.05, 0.1) is 0 Å². The highest BCUT2D eigenvalue weighted by Crippen LogP contribution is 2.18. The van der Waals surface area contributed by atoms with Crippen molar-refractivity contribution in [1.82, 2.24) is 0 Å².